The normalized spacial score (nSPS) is 22.2. The van der Waals surface area contributed by atoms with Gasteiger partial charge in [0, 0.05) is 42.7 Å². The van der Waals surface area contributed by atoms with E-state index in [1.165, 1.54) is 5.56 Å². The van der Waals surface area contributed by atoms with Crippen LogP contribution in [0.5, 0.6) is 5.75 Å². The number of amides is 2. The second-order valence-corrected chi connectivity index (χ2v) is 16.4. The highest BCUT2D eigenvalue weighted by atomic mass is 16.6. The molecular formula is C53H49N5O6. The molecule has 0 unspecified atom stereocenters. The molecule has 3 aliphatic heterocycles. The lowest BCUT2D eigenvalue weighted by Crippen LogP contribution is -2.55. The Morgan fingerprint density at radius 3 is 2.31 bits per heavy atom. The topological polar surface area (TPSA) is 133 Å². The maximum absolute atomic E-state index is 15.6. The Hall–Kier alpha value is -7.10. The average molecular weight is 852 g/mol. The van der Waals surface area contributed by atoms with E-state index in [1.54, 1.807) is 12.3 Å². The predicted molar refractivity (Wildman–Crippen MR) is 243 cm³/mol. The molecule has 3 N–H and O–H groups in total. The molecular weight excluding hydrogens is 803 g/mol. The number of anilines is 1. The summed E-state index contributed by atoms with van der Waals surface area (Å²) in [7, 11) is 2.02. The summed E-state index contributed by atoms with van der Waals surface area (Å²) in [5.41, 5.74) is 4.28. The molecule has 2 amide bonds. The fourth-order valence-corrected chi connectivity index (χ4v) is 9.81. The summed E-state index contributed by atoms with van der Waals surface area (Å²) >= 11 is 0. The third-order valence-corrected chi connectivity index (χ3v) is 12.4. The maximum Gasteiger partial charge on any atom is 0.324 e. The van der Waals surface area contributed by atoms with Gasteiger partial charge >= 0.3 is 5.97 Å². The zero-order valence-corrected chi connectivity index (χ0v) is 35.5. The quantitative estimate of drug-likeness (QED) is 0.0873. The highest BCUT2D eigenvalue weighted by Crippen LogP contribution is 2.65. The van der Waals surface area contributed by atoms with E-state index in [2.05, 4.69) is 49.4 Å². The van der Waals surface area contributed by atoms with Gasteiger partial charge in [-0.1, -0.05) is 121 Å². The lowest BCUT2D eigenvalue weighted by molar-refractivity contribution is -0.178. The van der Waals surface area contributed by atoms with Crippen LogP contribution in [0, 0.1) is 17.8 Å². The predicted octanol–water partition coefficient (Wildman–Crippen LogP) is 6.57. The van der Waals surface area contributed by atoms with Crippen LogP contribution in [0.15, 0.2) is 158 Å². The van der Waals surface area contributed by atoms with Gasteiger partial charge in [-0.25, -0.2) is 0 Å². The lowest BCUT2D eigenvalue weighted by atomic mass is 9.65. The van der Waals surface area contributed by atoms with Crippen molar-refractivity contribution < 1.29 is 29.0 Å². The largest absolute Gasteiger partial charge is 0.491 e. The SMILES string of the molecule is CN(CC#Cc1ccc2c(c1)[C@]1(C(=O)N2)[C@H](C(=O)NCCc2ccccn2)[C@H]2C(=O)O[C@H](c3ccccc3)[C@H](c3ccccc3)N2[C@@H]1c1cccc(OCCO)c1)Cc1ccccc1. The molecule has 6 aromatic rings. The van der Waals surface area contributed by atoms with Crippen LogP contribution >= 0.6 is 0 Å². The van der Waals surface area contributed by atoms with Crippen molar-refractivity contribution in [3.8, 4) is 17.6 Å². The third kappa shape index (κ3) is 8.15. The Balaban J connectivity index is 1.23. The first-order valence-corrected chi connectivity index (χ1v) is 21.6. The number of hydrogen-bond donors (Lipinski definition) is 3. The van der Waals surface area contributed by atoms with Gasteiger partial charge in [-0.05, 0) is 77.3 Å². The number of aliphatic hydroxyl groups is 1. The molecule has 11 nitrogen and oxygen atoms in total. The van der Waals surface area contributed by atoms with E-state index < -0.39 is 53.3 Å². The Morgan fingerprint density at radius 1 is 0.859 bits per heavy atom. The van der Waals surface area contributed by atoms with Crippen LogP contribution < -0.4 is 15.4 Å². The number of ether oxygens (including phenoxy) is 2. The van der Waals surface area contributed by atoms with E-state index in [4.69, 9.17) is 9.47 Å². The molecule has 0 saturated carbocycles. The molecule has 2 saturated heterocycles. The van der Waals surface area contributed by atoms with E-state index >= 15 is 14.4 Å². The first-order valence-electron chi connectivity index (χ1n) is 21.6. The van der Waals surface area contributed by atoms with Crippen molar-refractivity contribution in [3.05, 3.63) is 197 Å². The van der Waals surface area contributed by atoms with Gasteiger partial charge in [0.25, 0.3) is 0 Å². The van der Waals surface area contributed by atoms with Crippen molar-refractivity contribution in [2.45, 2.75) is 42.6 Å². The van der Waals surface area contributed by atoms with E-state index in [0.29, 0.717) is 41.1 Å². The molecule has 0 bridgehead atoms. The van der Waals surface area contributed by atoms with Crippen LogP contribution in [0.2, 0.25) is 0 Å². The van der Waals surface area contributed by atoms with Gasteiger partial charge in [0.15, 0.2) is 0 Å². The van der Waals surface area contributed by atoms with E-state index in [0.717, 1.165) is 23.4 Å². The van der Waals surface area contributed by atoms with Crippen LogP contribution in [0.4, 0.5) is 5.69 Å². The number of nitrogens with zero attached hydrogens (tertiary/aromatic N) is 3. The minimum absolute atomic E-state index is 0.0494. The number of carbonyl (C=O) groups excluding carboxylic acids is 3. The Labute approximate surface area is 373 Å². The summed E-state index contributed by atoms with van der Waals surface area (Å²) in [6.07, 6.45) is 1.33. The van der Waals surface area contributed by atoms with Crippen molar-refractivity contribution >= 4 is 23.5 Å². The maximum atomic E-state index is 15.6. The van der Waals surface area contributed by atoms with Crippen LogP contribution in [-0.4, -0.2) is 77.1 Å². The van der Waals surface area contributed by atoms with E-state index in [-0.39, 0.29) is 19.8 Å². The van der Waals surface area contributed by atoms with Gasteiger partial charge in [0.2, 0.25) is 11.8 Å². The van der Waals surface area contributed by atoms with Gasteiger partial charge in [-0.2, -0.15) is 0 Å². The van der Waals surface area contributed by atoms with Crippen LogP contribution in [0.25, 0.3) is 0 Å². The van der Waals surface area contributed by atoms with Gasteiger partial charge in [-0.3, -0.25) is 29.2 Å². The molecule has 322 valence electrons. The van der Waals surface area contributed by atoms with E-state index in [1.807, 2.05) is 141 Å². The third-order valence-electron chi connectivity index (χ3n) is 12.4. The number of aliphatic hydroxyl groups excluding tert-OH is 1. The van der Waals surface area contributed by atoms with E-state index in [9.17, 15) is 5.11 Å². The van der Waals surface area contributed by atoms with Crippen molar-refractivity contribution in [2.75, 3.05) is 38.7 Å². The zero-order valence-electron chi connectivity index (χ0n) is 35.5. The highest BCUT2D eigenvalue weighted by molar-refractivity contribution is 6.12. The lowest BCUT2D eigenvalue weighted by Gasteiger charge is -2.46. The Bertz CT molecular complexity index is 2670. The monoisotopic (exact) mass is 851 g/mol. The highest BCUT2D eigenvalue weighted by Gasteiger charge is 2.74. The van der Waals surface area contributed by atoms with Crippen LogP contribution in [0.1, 0.15) is 57.3 Å². The molecule has 1 spiro atoms. The van der Waals surface area contributed by atoms with Crippen molar-refractivity contribution in [1.82, 2.24) is 20.1 Å². The summed E-state index contributed by atoms with van der Waals surface area (Å²) in [6.45, 7) is 1.27. The number of cyclic esters (lactones) is 1. The van der Waals surface area contributed by atoms with Crippen LogP contribution in [0.3, 0.4) is 0 Å². The number of esters is 1. The molecule has 11 heteroatoms. The molecule has 6 atom stereocenters. The van der Waals surface area contributed by atoms with Crippen LogP contribution in [-0.2, 0) is 37.5 Å². The second-order valence-electron chi connectivity index (χ2n) is 16.4. The fourth-order valence-electron chi connectivity index (χ4n) is 9.81. The molecule has 4 heterocycles. The number of aromatic nitrogens is 1. The van der Waals surface area contributed by atoms with Gasteiger partial charge in [-0.15, -0.1) is 0 Å². The first-order chi connectivity index (χ1) is 31.4. The van der Waals surface area contributed by atoms with Crippen molar-refractivity contribution in [2.24, 2.45) is 5.92 Å². The standard InChI is InChI=1S/C53H49N5O6/c1-57(35-37-15-5-2-6-16-37)30-14-17-36-25-26-44-43(33-36)53(52(62)56-44)45(50(60)55-29-27-41-23-11-12-28-54-41)47-51(61)64-48(39-20-9-4-10-21-39)46(38-18-7-3-8-19-38)58(47)49(53)40-22-13-24-42(34-40)63-32-31-59/h2-13,15-16,18-26,28,33-34,45-49,59H,27,29-32,35H2,1H3,(H,55,60)(H,56,62)/t45-,46-,47-,48+,49+,53-/m0/s1. The molecule has 0 radical (unpaired) electrons. The Morgan fingerprint density at radius 2 is 1.58 bits per heavy atom. The number of pyridine rings is 1. The zero-order chi connectivity index (χ0) is 44.0. The van der Waals surface area contributed by atoms with Gasteiger partial charge in [0.05, 0.1) is 31.2 Å². The molecule has 5 aromatic carbocycles. The van der Waals surface area contributed by atoms with Crippen molar-refractivity contribution in [1.29, 1.82) is 0 Å². The number of morpholine rings is 1. The molecule has 0 aliphatic carbocycles. The molecule has 64 heavy (non-hydrogen) atoms. The molecule has 2 fully saturated rings. The Kier molecular flexibility index (Phi) is 12.3. The van der Waals surface area contributed by atoms with Crippen molar-refractivity contribution in [3.63, 3.8) is 0 Å². The summed E-state index contributed by atoms with van der Waals surface area (Å²) < 4.78 is 12.5. The first kappa shape index (κ1) is 42.2. The number of carbonyl (C=O) groups is 3. The second kappa shape index (κ2) is 18.7. The minimum Gasteiger partial charge on any atom is -0.491 e. The van der Waals surface area contributed by atoms with Gasteiger partial charge in [0.1, 0.15) is 29.9 Å². The minimum atomic E-state index is -1.69. The average Bonchev–Trinajstić information content (AvgIpc) is 3.80. The fraction of sp³-hybridized carbons (Fsp3) is 0.245. The molecule has 1 aromatic heterocycles. The smallest absolute Gasteiger partial charge is 0.324 e. The number of nitrogens with one attached hydrogen (secondary N) is 2. The molecule has 9 rings (SSSR count). The summed E-state index contributed by atoms with van der Waals surface area (Å²) in [4.78, 5) is 54.7. The summed E-state index contributed by atoms with van der Waals surface area (Å²) in [6, 6.07) is 45.4. The molecule has 3 aliphatic rings. The number of fused-ring (bicyclic) bond motifs is 3. The van der Waals surface area contributed by atoms with Gasteiger partial charge < -0.3 is 25.2 Å². The number of hydrogen-bond acceptors (Lipinski definition) is 9. The number of benzene rings is 5. The summed E-state index contributed by atoms with van der Waals surface area (Å²) in [5, 5.41) is 16.0. The summed E-state index contributed by atoms with van der Waals surface area (Å²) in [5.74, 6) is 4.36. The number of rotatable bonds is 13.